The predicted octanol–water partition coefficient (Wildman–Crippen LogP) is 1.36. The Balaban J connectivity index is 2.29. The van der Waals surface area contributed by atoms with E-state index in [1.807, 2.05) is 0 Å². The van der Waals surface area contributed by atoms with Crippen molar-refractivity contribution in [1.29, 1.82) is 0 Å². The van der Waals surface area contributed by atoms with Crippen molar-refractivity contribution in [3.8, 4) is 0 Å². The molecule has 1 N–H and O–H groups in total. The molecule has 0 aromatic carbocycles. The highest BCUT2D eigenvalue weighted by atomic mass is 32.2. The molecule has 4 nitrogen and oxygen atoms in total. The van der Waals surface area contributed by atoms with E-state index in [0.717, 1.165) is 0 Å². The lowest BCUT2D eigenvalue weighted by atomic mass is 9.95. The first-order valence-corrected chi connectivity index (χ1v) is 8.21. The fraction of sp³-hybridized carbons (Fsp3) is 1.00. The zero-order valence-electron chi connectivity index (χ0n) is 10.9. The quantitative estimate of drug-likeness (QED) is 0.753. The topological polar surface area (TPSA) is 55.4 Å². The molecule has 1 aliphatic rings. The third-order valence-corrected chi connectivity index (χ3v) is 5.61. The van der Waals surface area contributed by atoms with Crippen molar-refractivity contribution in [1.82, 2.24) is 5.32 Å². The molecular formula is C12H25NO3S. The van der Waals surface area contributed by atoms with Crippen LogP contribution in [0.3, 0.4) is 0 Å². The van der Waals surface area contributed by atoms with Crippen LogP contribution >= 0.6 is 0 Å². The summed E-state index contributed by atoms with van der Waals surface area (Å²) in [6.07, 6.45) is 6.22. The Morgan fingerprint density at radius 1 is 1.29 bits per heavy atom. The van der Waals surface area contributed by atoms with E-state index in [9.17, 15) is 8.42 Å². The van der Waals surface area contributed by atoms with E-state index < -0.39 is 9.84 Å². The minimum Gasteiger partial charge on any atom is -0.384 e. The Morgan fingerprint density at radius 3 is 2.53 bits per heavy atom. The zero-order chi connectivity index (χ0) is 12.7. The van der Waals surface area contributed by atoms with Crippen LogP contribution in [0.5, 0.6) is 0 Å². The summed E-state index contributed by atoms with van der Waals surface area (Å²) in [5, 5.41) is 3.06. The maximum Gasteiger partial charge on any atom is 0.156 e. The van der Waals surface area contributed by atoms with Crippen molar-refractivity contribution in [2.45, 2.75) is 50.3 Å². The lowest BCUT2D eigenvalue weighted by Crippen LogP contribution is -2.39. The molecule has 0 heterocycles. The fourth-order valence-corrected chi connectivity index (χ4v) is 3.32. The molecule has 1 fully saturated rings. The summed E-state index contributed by atoms with van der Waals surface area (Å²) in [7, 11) is -1.48. The Bertz CT molecular complexity index is 297. The van der Waals surface area contributed by atoms with E-state index in [2.05, 4.69) is 5.32 Å². The van der Waals surface area contributed by atoms with E-state index in [1.165, 1.54) is 39.2 Å². The van der Waals surface area contributed by atoms with Crippen LogP contribution < -0.4 is 5.32 Å². The minimum absolute atomic E-state index is 0.122. The molecule has 1 saturated carbocycles. The second-order valence-corrected chi connectivity index (χ2v) is 7.45. The lowest BCUT2D eigenvalue weighted by Gasteiger charge is -2.24. The van der Waals surface area contributed by atoms with Gasteiger partial charge in [0.25, 0.3) is 0 Å². The van der Waals surface area contributed by atoms with Gasteiger partial charge in [0, 0.05) is 19.7 Å². The zero-order valence-corrected chi connectivity index (χ0v) is 11.8. The lowest BCUT2D eigenvalue weighted by molar-refractivity contribution is 0.217. The standard InChI is InChI=1S/C12H25NO3S/c1-11(17(14,15)9-8-16-2)10-13-12-6-4-3-5-7-12/h11-13H,3-10H2,1-2H3. The van der Waals surface area contributed by atoms with Crippen LogP contribution in [0.15, 0.2) is 0 Å². The molecular weight excluding hydrogens is 238 g/mol. The molecule has 102 valence electrons. The van der Waals surface area contributed by atoms with Crippen LogP contribution in [0.2, 0.25) is 0 Å². The van der Waals surface area contributed by atoms with Crippen LogP contribution in [0.25, 0.3) is 0 Å². The van der Waals surface area contributed by atoms with Crippen LogP contribution in [0.4, 0.5) is 0 Å². The average Bonchev–Trinajstić information content (AvgIpc) is 2.34. The number of methoxy groups -OCH3 is 1. The second-order valence-electron chi connectivity index (χ2n) is 4.91. The molecule has 0 radical (unpaired) electrons. The molecule has 0 aromatic heterocycles. The van der Waals surface area contributed by atoms with E-state index >= 15 is 0 Å². The molecule has 0 amide bonds. The molecule has 0 aliphatic heterocycles. The molecule has 1 rings (SSSR count). The number of sulfone groups is 1. The normalized spacial score (nSPS) is 20.4. The summed E-state index contributed by atoms with van der Waals surface area (Å²) < 4.78 is 28.5. The van der Waals surface area contributed by atoms with Gasteiger partial charge in [0.15, 0.2) is 9.84 Å². The Labute approximate surface area is 105 Å². The van der Waals surface area contributed by atoms with Gasteiger partial charge in [-0.05, 0) is 19.8 Å². The third-order valence-electron chi connectivity index (χ3n) is 3.48. The van der Waals surface area contributed by atoms with Crippen molar-refractivity contribution >= 4 is 9.84 Å². The molecule has 1 atom stereocenters. The largest absolute Gasteiger partial charge is 0.384 e. The number of rotatable bonds is 7. The molecule has 0 bridgehead atoms. The second kappa shape index (κ2) is 7.34. The number of hydrogen-bond donors (Lipinski definition) is 1. The van der Waals surface area contributed by atoms with E-state index in [4.69, 9.17) is 4.74 Å². The average molecular weight is 263 g/mol. The maximum absolute atomic E-state index is 11.8. The van der Waals surface area contributed by atoms with Crippen LogP contribution in [0, 0.1) is 0 Å². The van der Waals surface area contributed by atoms with Gasteiger partial charge in [0.05, 0.1) is 17.6 Å². The first kappa shape index (κ1) is 14.9. The van der Waals surface area contributed by atoms with Crippen molar-refractivity contribution in [3.63, 3.8) is 0 Å². The molecule has 1 aliphatic carbocycles. The van der Waals surface area contributed by atoms with Gasteiger partial charge in [-0.25, -0.2) is 8.42 Å². The molecule has 1 unspecified atom stereocenters. The Hall–Kier alpha value is -0.130. The van der Waals surface area contributed by atoms with Gasteiger partial charge >= 0.3 is 0 Å². The van der Waals surface area contributed by atoms with Crippen molar-refractivity contribution in [3.05, 3.63) is 0 Å². The van der Waals surface area contributed by atoms with Gasteiger partial charge < -0.3 is 10.1 Å². The molecule has 0 aromatic rings. The number of nitrogens with one attached hydrogen (secondary N) is 1. The summed E-state index contributed by atoms with van der Waals surface area (Å²) in [5.74, 6) is 0.122. The van der Waals surface area contributed by atoms with Gasteiger partial charge in [-0.15, -0.1) is 0 Å². The first-order chi connectivity index (χ1) is 8.06. The SMILES string of the molecule is COCCS(=O)(=O)C(C)CNC1CCCCC1. The van der Waals surface area contributed by atoms with Crippen molar-refractivity contribution < 1.29 is 13.2 Å². The molecule has 0 spiro atoms. The molecule has 0 saturated heterocycles. The first-order valence-electron chi connectivity index (χ1n) is 6.50. The monoisotopic (exact) mass is 263 g/mol. The summed E-state index contributed by atoms with van der Waals surface area (Å²) in [4.78, 5) is 0. The third kappa shape index (κ3) is 5.36. The highest BCUT2D eigenvalue weighted by Gasteiger charge is 2.22. The van der Waals surface area contributed by atoms with Crippen LogP contribution in [0.1, 0.15) is 39.0 Å². The maximum atomic E-state index is 11.8. The van der Waals surface area contributed by atoms with E-state index in [1.54, 1.807) is 6.92 Å². The Morgan fingerprint density at radius 2 is 1.94 bits per heavy atom. The van der Waals surface area contributed by atoms with Gasteiger partial charge in [0.2, 0.25) is 0 Å². The highest BCUT2D eigenvalue weighted by molar-refractivity contribution is 7.92. The van der Waals surface area contributed by atoms with Gasteiger partial charge in [0.1, 0.15) is 0 Å². The summed E-state index contributed by atoms with van der Waals surface area (Å²) in [6, 6.07) is 0.517. The van der Waals surface area contributed by atoms with Gasteiger partial charge in [-0.2, -0.15) is 0 Å². The minimum atomic E-state index is -3.01. The summed E-state index contributed by atoms with van der Waals surface area (Å²) in [5.41, 5.74) is 0. The summed E-state index contributed by atoms with van der Waals surface area (Å²) in [6.45, 7) is 2.63. The number of ether oxygens (including phenoxy) is 1. The van der Waals surface area contributed by atoms with Crippen LogP contribution in [-0.4, -0.2) is 45.7 Å². The predicted molar refractivity (Wildman–Crippen MR) is 70.0 cm³/mol. The van der Waals surface area contributed by atoms with Crippen LogP contribution in [-0.2, 0) is 14.6 Å². The van der Waals surface area contributed by atoms with Gasteiger partial charge in [-0.1, -0.05) is 19.3 Å². The molecule has 5 heteroatoms. The van der Waals surface area contributed by atoms with Gasteiger partial charge in [-0.3, -0.25) is 0 Å². The van der Waals surface area contributed by atoms with Crippen molar-refractivity contribution in [2.75, 3.05) is 26.0 Å². The smallest absolute Gasteiger partial charge is 0.156 e. The van der Waals surface area contributed by atoms with E-state index in [0.29, 0.717) is 12.6 Å². The fourth-order valence-electron chi connectivity index (χ4n) is 2.17. The Kier molecular flexibility index (Phi) is 6.44. The van der Waals surface area contributed by atoms with E-state index in [-0.39, 0.29) is 17.6 Å². The number of hydrogen-bond acceptors (Lipinski definition) is 4. The van der Waals surface area contributed by atoms with Crippen molar-refractivity contribution in [2.24, 2.45) is 0 Å². The molecule has 17 heavy (non-hydrogen) atoms. The highest BCUT2D eigenvalue weighted by Crippen LogP contribution is 2.17. The summed E-state index contributed by atoms with van der Waals surface area (Å²) >= 11 is 0.